The first-order valence-corrected chi connectivity index (χ1v) is 6.33. The highest BCUT2D eigenvalue weighted by Gasteiger charge is 2.16. The van der Waals surface area contributed by atoms with Gasteiger partial charge in [0.25, 0.3) is 0 Å². The standard InChI is InChI=1S/C14H19ClN2O/c1-4-9-16-14(18)11(3)17-10(2)12-7-5-6-8-13(12)15/h4-8,10-11,17H,1,9H2,2-3H3,(H,16,18)/t10-,11?/m0/s1. The molecule has 1 unspecified atom stereocenters. The van der Waals surface area contributed by atoms with E-state index in [1.165, 1.54) is 0 Å². The third-order valence-electron chi connectivity index (χ3n) is 2.69. The van der Waals surface area contributed by atoms with Gasteiger partial charge in [0.05, 0.1) is 6.04 Å². The molecule has 1 aromatic rings. The van der Waals surface area contributed by atoms with Gasteiger partial charge in [-0.1, -0.05) is 35.9 Å². The lowest BCUT2D eigenvalue weighted by atomic mass is 10.1. The molecule has 98 valence electrons. The summed E-state index contributed by atoms with van der Waals surface area (Å²) >= 11 is 6.11. The Morgan fingerprint density at radius 3 is 2.72 bits per heavy atom. The lowest BCUT2D eigenvalue weighted by Crippen LogP contribution is -2.43. The van der Waals surface area contributed by atoms with E-state index in [1.807, 2.05) is 38.1 Å². The average molecular weight is 267 g/mol. The molecule has 0 saturated heterocycles. The molecule has 0 radical (unpaired) electrons. The van der Waals surface area contributed by atoms with Crippen LogP contribution in [-0.2, 0) is 4.79 Å². The molecule has 0 fully saturated rings. The second-order valence-electron chi connectivity index (χ2n) is 4.17. The quantitative estimate of drug-likeness (QED) is 0.778. The highest BCUT2D eigenvalue weighted by molar-refractivity contribution is 6.31. The molecule has 0 aliphatic carbocycles. The van der Waals surface area contributed by atoms with Crippen LogP contribution >= 0.6 is 11.6 Å². The van der Waals surface area contributed by atoms with Crippen molar-refractivity contribution in [3.63, 3.8) is 0 Å². The van der Waals surface area contributed by atoms with Crippen molar-refractivity contribution < 1.29 is 4.79 Å². The maximum absolute atomic E-state index is 11.7. The number of nitrogens with one attached hydrogen (secondary N) is 2. The van der Waals surface area contributed by atoms with Crippen molar-refractivity contribution >= 4 is 17.5 Å². The fourth-order valence-electron chi connectivity index (χ4n) is 1.69. The molecule has 0 bridgehead atoms. The van der Waals surface area contributed by atoms with Gasteiger partial charge < -0.3 is 5.32 Å². The smallest absolute Gasteiger partial charge is 0.237 e. The minimum atomic E-state index is -0.281. The van der Waals surface area contributed by atoms with Crippen LogP contribution < -0.4 is 10.6 Å². The van der Waals surface area contributed by atoms with Crippen LogP contribution in [0.15, 0.2) is 36.9 Å². The summed E-state index contributed by atoms with van der Waals surface area (Å²) in [4.78, 5) is 11.7. The number of rotatable bonds is 6. The Morgan fingerprint density at radius 1 is 1.44 bits per heavy atom. The molecule has 0 saturated carbocycles. The van der Waals surface area contributed by atoms with E-state index in [-0.39, 0.29) is 18.0 Å². The second kappa shape index (κ2) is 7.19. The predicted molar refractivity (Wildman–Crippen MR) is 75.7 cm³/mol. The summed E-state index contributed by atoms with van der Waals surface area (Å²) in [7, 11) is 0. The van der Waals surface area contributed by atoms with E-state index in [0.717, 1.165) is 5.56 Å². The van der Waals surface area contributed by atoms with Gasteiger partial charge in [0.1, 0.15) is 0 Å². The van der Waals surface area contributed by atoms with E-state index in [0.29, 0.717) is 11.6 Å². The molecule has 3 nitrogen and oxygen atoms in total. The van der Waals surface area contributed by atoms with Gasteiger partial charge in [-0.2, -0.15) is 0 Å². The Balaban J connectivity index is 2.59. The van der Waals surface area contributed by atoms with Crippen LogP contribution in [0, 0.1) is 0 Å². The van der Waals surface area contributed by atoms with Crippen molar-refractivity contribution in [1.29, 1.82) is 0 Å². The van der Waals surface area contributed by atoms with Gasteiger partial charge in [-0.3, -0.25) is 10.1 Å². The number of hydrogen-bond donors (Lipinski definition) is 2. The minimum Gasteiger partial charge on any atom is -0.351 e. The molecule has 4 heteroatoms. The normalized spacial score (nSPS) is 13.7. The highest BCUT2D eigenvalue weighted by Crippen LogP contribution is 2.22. The average Bonchev–Trinajstić information content (AvgIpc) is 2.36. The lowest BCUT2D eigenvalue weighted by molar-refractivity contribution is -0.122. The topological polar surface area (TPSA) is 41.1 Å². The molecular formula is C14H19ClN2O. The summed E-state index contributed by atoms with van der Waals surface area (Å²) < 4.78 is 0. The first-order valence-electron chi connectivity index (χ1n) is 5.95. The molecule has 2 N–H and O–H groups in total. The number of benzene rings is 1. The zero-order valence-corrected chi connectivity index (χ0v) is 11.5. The molecule has 0 heterocycles. The van der Waals surface area contributed by atoms with Crippen LogP contribution in [0.3, 0.4) is 0 Å². The number of amides is 1. The number of carbonyl (C=O) groups excluding carboxylic acids is 1. The molecule has 18 heavy (non-hydrogen) atoms. The largest absolute Gasteiger partial charge is 0.351 e. The number of carbonyl (C=O) groups is 1. The Labute approximate surface area is 113 Å². The first-order chi connectivity index (χ1) is 8.56. The third-order valence-corrected chi connectivity index (χ3v) is 3.03. The van der Waals surface area contributed by atoms with Crippen LogP contribution in [0.1, 0.15) is 25.5 Å². The van der Waals surface area contributed by atoms with Gasteiger partial charge in [-0.25, -0.2) is 0 Å². The van der Waals surface area contributed by atoms with Crippen molar-refractivity contribution in [2.45, 2.75) is 25.9 Å². The van der Waals surface area contributed by atoms with Gasteiger partial charge >= 0.3 is 0 Å². The van der Waals surface area contributed by atoms with Crippen LogP contribution in [0.5, 0.6) is 0 Å². The van der Waals surface area contributed by atoms with Crippen molar-refractivity contribution in [1.82, 2.24) is 10.6 Å². The summed E-state index contributed by atoms with van der Waals surface area (Å²) in [6, 6.07) is 7.35. The zero-order valence-electron chi connectivity index (χ0n) is 10.7. The monoisotopic (exact) mass is 266 g/mol. The molecule has 0 aliphatic heterocycles. The Kier molecular flexibility index (Phi) is 5.89. The second-order valence-corrected chi connectivity index (χ2v) is 4.57. The van der Waals surface area contributed by atoms with Crippen molar-refractivity contribution in [2.75, 3.05) is 6.54 Å². The maximum Gasteiger partial charge on any atom is 0.237 e. The van der Waals surface area contributed by atoms with Crippen LogP contribution in [0.25, 0.3) is 0 Å². The van der Waals surface area contributed by atoms with E-state index in [9.17, 15) is 4.79 Å². The maximum atomic E-state index is 11.7. The minimum absolute atomic E-state index is 0.0168. The Bertz CT molecular complexity index is 420. The SMILES string of the molecule is C=CCNC(=O)C(C)N[C@@H](C)c1ccccc1Cl. The van der Waals surface area contributed by atoms with Gasteiger partial charge in [-0.05, 0) is 25.5 Å². The van der Waals surface area contributed by atoms with Crippen LogP contribution in [0.4, 0.5) is 0 Å². The number of halogens is 1. The summed E-state index contributed by atoms with van der Waals surface area (Å²) in [5.41, 5.74) is 0.988. The first kappa shape index (κ1) is 14.7. The van der Waals surface area contributed by atoms with Crippen molar-refractivity contribution in [2.24, 2.45) is 0 Å². The van der Waals surface area contributed by atoms with Gasteiger partial charge in [0, 0.05) is 17.6 Å². The van der Waals surface area contributed by atoms with Gasteiger partial charge in [0.15, 0.2) is 0 Å². The molecule has 1 amide bonds. The molecule has 1 aromatic carbocycles. The highest BCUT2D eigenvalue weighted by atomic mass is 35.5. The third kappa shape index (κ3) is 4.17. The molecule has 0 aromatic heterocycles. The summed E-state index contributed by atoms with van der Waals surface area (Å²) in [6.45, 7) is 7.85. The summed E-state index contributed by atoms with van der Waals surface area (Å²) in [5, 5.41) is 6.67. The molecule has 0 aliphatic rings. The van der Waals surface area contributed by atoms with Crippen molar-refractivity contribution in [3.8, 4) is 0 Å². The van der Waals surface area contributed by atoms with E-state index in [4.69, 9.17) is 11.6 Å². The van der Waals surface area contributed by atoms with E-state index in [2.05, 4.69) is 17.2 Å². The lowest BCUT2D eigenvalue weighted by Gasteiger charge is -2.20. The van der Waals surface area contributed by atoms with E-state index >= 15 is 0 Å². The fraction of sp³-hybridized carbons (Fsp3) is 0.357. The fourth-order valence-corrected chi connectivity index (χ4v) is 1.99. The van der Waals surface area contributed by atoms with Crippen molar-refractivity contribution in [3.05, 3.63) is 47.5 Å². The van der Waals surface area contributed by atoms with Gasteiger partial charge in [0.2, 0.25) is 5.91 Å². The molecule has 1 rings (SSSR count). The zero-order chi connectivity index (χ0) is 13.5. The summed E-state index contributed by atoms with van der Waals surface area (Å²) in [5.74, 6) is -0.0474. The molecule has 2 atom stereocenters. The molecule has 0 spiro atoms. The van der Waals surface area contributed by atoms with E-state index in [1.54, 1.807) is 6.08 Å². The molecular weight excluding hydrogens is 248 g/mol. The van der Waals surface area contributed by atoms with Crippen LogP contribution in [-0.4, -0.2) is 18.5 Å². The van der Waals surface area contributed by atoms with E-state index < -0.39 is 0 Å². The predicted octanol–water partition coefficient (Wildman–Crippen LogP) is 2.68. The Hall–Kier alpha value is -1.32. The number of hydrogen-bond acceptors (Lipinski definition) is 2. The summed E-state index contributed by atoms with van der Waals surface area (Å²) in [6.07, 6.45) is 1.65. The van der Waals surface area contributed by atoms with Crippen LogP contribution in [0.2, 0.25) is 5.02 Å². The Morgan fingerprint density at radius 2 is 2.11 bits per heavy atom. The van der Waals surface area contributed by atoms with Gasteiger partial charge in [-0.15, -0.1) is 6.58 Å².